The fraction of sp³-hybridized carbons (Fsp3) is 0.241. The van der Waals surface area contributed by atoms with Crippen LogP contribution in [0.1, 0.15) is 81.7 Å². The van der Waals surface area contributed by atoms with Crippen molar-refractivity contribution in [3.05, 3.63) is 169 Å². The zero-order chi connectivity index (χ0) is 43.8. The molecule has 0 unspecified atom stereocenters. The van der Waals surface area contributed by atoms with Crippen molar-refractivity contribution in [2.45, 2.75) is 79.5 Å². The van der Waals surface area contributed by atoms with Gasteiger partial charge in [0.2, 0.25) is 0 Å². The molecule has 300 valence electrons. The summed E-state index contributed by atoms with van der Waals surface area (Å²) in [6.07, 6.45) is 5.71. The van der Waals surface area contributed by atoms with Gasteiger partial charge >= 0.3 is 0 Å². The summed E-state index contributed by atoms with van der Waals surface area (Å²) >= 11 is 0. The Bertz CT molecular complexity index is 3140. The van der Waals surface area contributed by atoms with Crippen molar-refractivity contribution in [2.75, 3.05) is 0 Å². The summed E-state index contributed by atoms with van der Waals surface area (Å²) in [7, 11) is 0. The van der Waals surface area contributed by atoms with E-state index in [0.717, 1.165) is 49.9 Å². The molecule has 6 nitrogen and oxygen atoms in total. The van der Waals surface area contributed by atoms with Crippen LogP contribution in [0, 0.1) is 11.7 Å². The van der Waals surface area contributed by atoms with Crippen molar-refractivity contribution in [3.63, 3.8) is 0 Å². The van der Waals surface area contributed by atoms with Crippen LogP contribution in [0.5, 0.6) is 11.5 Å². The molecule has 0 radical (unpaired) electrons. The summed E-state index contributed by atoms with van der Waals surface area (Å²) in [5.41, 5.74) is 9.32. The average Bonchev–Trinajstić information content (AvgIpc) is 3.78. The third kappa shape index (κ3) is 7.59. The van der Waals surface area contributed by atoms with Crippen molar-refractivity contribution in [1.29, 1.82) is 0 Å². The number of aromatic nitrogens is 5. The molecule has 4 aromatic heterocycles. The number of hydrogen-bond donors (Lipinski definition) is 0. The van der Waals surface area contributed by atoms with Gasteiger partial charge in [-0.3, -0.25) is 18.7 Å². The maximum Gasteiger partial charge on any atom is 0.271 e. The molecular weight excluding hydrogens is 735 g/mol. The van der Waals surface area contributed by atoms with Crippen LogP contribution in [-0.4, -0.2) is 19.1 Å². The number of rotatable bonds is 7. The van der Waals surface area contributed by atoms with Crippen LogP contribution >= 0.6 is 0 Å². The molecule has 0 saturated heterocycles. The Balaban J connectivity index is 1.15. The molecule has 0 aliphatic carbocycles. The predicted molar refractivity (Wildman–Crippen MR) is 246 cm³/mol. The zero-order valence-corrected chi connectivity index (χ0v) is 36.0. The smallest absolute Gasteiger partial charge is 0.271 e. The summed E-state index contributed by atoms with van der Waals surface area (Å²) in [6.45, 7) is 19.1. The average molecular weight is 790 g/mol. The van der Waals surface area contributed by atoms with Crippen molar-refractivity contribution >= 4 is 32.8 Å². The first-order valence-corrected chi connectivity index (χ1v) is 20.7. The molecule has 0 amide bonds. The standard InChI is InChI=1S/C54H53N5O/c1-52(2,3)34-36-14-13-17-41(28-36)57-35-58(49-30-39(53(4,5)6)19-23-47(49)57)50-33-43(25-27-55-50)60-42-20-21-44-45-29-38(37-15-11-10-12-16-37)18-22-46(45)59(48(44)32-42)51-31-40(24-26-56-51)54(7,8)9/h10-33H,34H2,1-9H3/i34D2. The summed E-state index contributed by atoms with van der Waals surface area (Å²) in [5.74, 6) is 2.81. The van der Waals surface area contributed by atoms with Crippen LogP contribution in [0.2, 0.25) is 0 Å². The summed E-state index contributed by atoms with van der Waals surface area (Å²) in [4.78, 5) is 9.77. The lowest BCUT2D eigenvalue weighted by Crippen LogP contribution is -2.30. The molecule has 0 atom stereocenters. The lowest BCUT2D eigenvalue weighted by Gasteiger charge is -2.20. The van der Waals surface area contributed by atoms with E-state index in [1.165, 1.54) is 16.7 Å². The first-order valence-electron chi connectivity index (χ1n) is 21.7. The Morgan fingerprint density at radius 1 is 0.583 bits per heavy atom. The third-order valence-corrected chi connectivity index (χ3v) is 11.0. The highest BCUT2D eigenvalue weighted by Crippen LogP contribution is 2.38. The molecule has 9 aromatic rings. The monoisotopic (exact) mass is 789 g/mol. The molecule has 0 bridgehead atoms. The molecule has 0 fully saturated rings. The maximum absolute atomic E-state index is 9.01. The molecule has 9 rings (SSSR count). The quantitative estimate of drug-likeness (QED) is 0.119. The van der Waals surface area contributed by atoms with Crippen LogP contribution in [0.25, 0.3) is 61.3 Å². The SMILES string of the molecule is [2H]C([2H])(c1cccc(-[n+]2[c-]n(-c3cc(Oc4ccc5c6cc(-c7ccccc7)ccc6n(-c6cc(C(C)(C)C)ccn6)c5c4)ccn3)c3cc(C(C)(C)C)ccc32)c1)C(C)(C)C. The highest BCUT2D eigenvalue weighted by Gasteiger charge is 2.22. The van der Waals surface area contributed by atoms with Crippen molar-refractivity contribution < 1.29 is 12.0 Å². The van der Waals surface area contributed by atoms with E-state index in [0.29, 0.717) is 22.9 Å². The molecule has 0 saturated carbocycles. The van der Waals surface area contributed by atoms with E-state index >= 15 is 0 Å². The van der Waals surface area contributed by atoms with Gasteiger partial charge in [-0.15, -0.1) is 0 Å². The van der Waals surface area contributed by atoms with Gasteiger partial charge in [0.05, 0.1) is 27.8 Å². The molecule has 0 aliphatic rings. The Kier molecular flexibility index (Phi) is 8.91. The molecule has 5 aromatic carbocycles. The number of hydrogen-bond acceptors (Lipinski definition) is 3. The summed E-state index contributed by atoms with van der Waals surface area (Å²) < 4.78 is 31.0. The molecule has 0 aliphatic heterocycles. The lowest BCUT2D eigenvalue weighted by atomic mass is 9.87. The first kappa shape index (κ1) is 36.5. The van der Waals surface area contributed by atoms with Crippen molar-refractivity contribution in [3.8, 4) is 39.9 Å². The van der Waals surface area contributed by atoms with Gasteiger partial charge in [-0.1, -0.05) is 129 Å². The summed E-state index contributed by atoms with van der Waals surface area (Å²) in [5, 5.41) is 2.25. The Morgan fingerprint density at radius 2 is 1.32 bits per heavy atom. The van der Waals surface area contributed by atoms with Gasteiger partial charge in [-0.05, 0) is 106 Å². The number of pyridine rings is 2. The van der Waals surface area contributed by atoms with Gasteiger partial charge < -0.3 is 4.74 Å². The van der Waals surface area contributed by atoms with E-state index in [4.69, 9.17) is 17.4 Å². The molecule has 4 heterocycles. The number of benzene rings is 5. The van der Waals surface area contributed by atoms with E-state index in [1.807, 2.05) is 84.6 Å². The summed E-state index contributed by atoms with van der Waals surface area (Å²) in [6, 6.07) is 45.8. The molecule has 6 heteroatoms. The fourth-order valence-corrected chi connectivity index (χ4v) is 7.94. The molecule has 60 heavy (non-hydrogen) atoms. The minimum atomic E-state index is -1.55. The van der Waals surface area contributed by atoms with Gasteiger partial charge in [-0.25, -0.2) is 4.98 Å². The second-order valence-corrected chi connectivity index (χ2v) is 18.9. The van der Waals surface area contributed by atoms with Gasteiger partial charge in [0.1, 0.15) is 17.3 Å². The zero-order valence-electron chi connectivity index (χ0n) is 38.0. The van der Waals surface area contributed by atoms with Gasteiger partial charge in [0.25, 0.3) is 6.33 Å². The minimum Gasteiger partial charge on any atom is -0.458 e. The Hall–Kier alpha value is -6.53. The van der Waals surface area contributed by atoms with E-state index < -0.39 is 11.8 Å². The number of fused-ring (bicyclic) bond motifs is 4. The number of imidazole rings is 1. The van der Waals surface area contributed by atoms with Crippen molar-refractivity contribution in [1.82, 2.24) is 19.1 Å². The fourth-order valence-electron chi connectivity index (χ4n) is 7.94. The van der Waals surface area contributed by atoms with Crippen LogP contribution in [0.3, 0.4) is 0 Å². The number of nitrogens with zero attached hydrogens (tertiary/aromatic N) is 5. The maximum atomic E-state index is 9.01. The van der Waals surface area contributed by atoms with Crippen LogP contribution in [0.4, 0.5) is 0 Å². The largest absolute Gasteiger partial charge is 0.458 e. The van der Waals surface area contributed by atoms with Gasteiger partial charge in [-0.2, -0.15) is 0 Å². The van der Waals surface area contributed by atoms with Crippen LogP contribution in [0.15, 0.2) is 146 Å². The number of ether oxygens (including phenoxy) is 1. The first-order chi connectivity index (χ1) is 29.4. The Labute approximate surface area is 356 Å². The van der Waals surface area contributed by atoms with Gasteiger partial charge in [0, 0.05) is 38.0 Å². The molecule has 0 spiro atoms. The second kappa shape index (κ2) is 14.6. The molecule has 0 N–H and O–H groups in total. The van der Waals surface area contributed by atoms with Crippen LogP contribution < -0.4 is 9.30 Å². The van der Waals surface area contributed by atoms with E-state index in [1.54, 1.807) is 6.20 Å². The minimum absolute atomic E-state index is 0.0492. The van der Waals surface area contributed by atoms with E-state index in [9.17, 15) is 0 Å². The van der Waals surface area contributed by atoms with Crippen molar-refractivity contribution in [2.24, 2.45) is 5.41 Å². The van der Waals surface area contributed by atoms with E-state index in [2.05, 4.69) is 137 Å². The lowest BCUT2D eigenvalue weighted by molar-refractivity contribution is -0.572. The highest BCUT2D eigenvalue weighted by molar-refractivity contribution is 6.10. The Morgan fingerprint density at radius 3 is 2.08 bits per heavy atom. The van der Waals surface area contributed by atoms with E-state index in [-0.39, 0.29) is 10.8 Å². The topological polar surface area (TPSA) is 48.8 Å². The second-order valence-electron chi connectivity index (χ2n) is 18.9. The molecular formula is C54H53N5O. The van der Waals surface area contributed by atoms with Gasteiger partial charge in [0.15, 0.2) is 5.82 Å². The predicted octanol–water partition coefficient (Wildman–Crippen LogP) is 13.2. The normalized spacial score (nSPS) is 13.2. The van der Waals surface area contributed by atoms with Crippen LogP contribution in [-0.2, 0) is 17.2 Å². The highest BCUT2D eigenvalue weighted by atomic mass is 16.5. The third-order valence-electron chi connectivity index (χ3n) is 11.0.